The molecule has 2 saturated carbocycles. The van der Waals surface area contributed by atoms with Gasteiger partial charge >= 0.3 is 0 Å². The second kappa shape index (κ2) is 8.21. The standard InChI is InChI=1S/C25H29N3O2/c29-24(17-5-1-2-6-17)26-19-13-11-16(12-14-19)21-15-23(28-25(30)18-9-10-18)27-22-8-4-3-7-20(21)22/h3-4,7-8,11,15,17-19H,1-2,5-6,9-10,12-14H2,(H,26,29)(H,27,28,30). The molecule has 156 valence electrons. The Morgan fingerprint density at radius 3 is 2.43 bits per heavy atom. The van der Waals surface area contributed by atoms with E-state index in [2.05, 4.69) is 27.8 Å². The molecule has 2 aromatic rings. The predicted molar refractivity (Wildman–Crippen MR) is 119 cm³/mol. The molecular formula is C25H29N3O2. The van der Waals surface area contributed by atoms with E-state index in [1.54, 1.807) is 0 Å². The number of benzene rings is 1. The summed E-state index contributed by atoms with van der Waals surface area (Å²) in [6.07, 6.45) is 11.4. The number of fused-ring (bicyclic) bond motifs is 1. The second-order valence-electron chi connectivity index (χ2n) is 9.03. The van der Waals surface area contributed by atoms with Crippen LogP contribution in [0.1, 0.15) is 63.4 Å². The molecule has 2 N–H and O–H groups in total. The van der Waals surface area contributed by atoms with Crippen molar-refractivity contribution in [1.29, 1.82) is 0 Å². The van der Waals surface area contributed by atoms with Gasteiger partial charge in [-0.15, -0.1) is 0 Å². The first-order valence-corrected chi connectivity index (χ1v) is 11.4. The number of carbonyl (C=O) groups is 2. The van der Waals surface area contributed by atoms with Crippen LogP contribution in [0.15, 0.2) is 36.4 Å². The molecule has 2 amide bonds. The number of nitrogens with zero attached hydrogens (tertiary/aromatic N) is 1. The quantitative estimate of drug-likeness (QED) is 0.751. The van der Waals surface area contributed by atoms with Gasteiger partial charge in [0.05, 0.1) is 5.52 Å². The van der Waals surface area contributed by atoms with Gasteiger partial charge in [-0.1, -0.05) is 37.1 Å². The van der Waals surface area contributed by atoms with Crippen LogP contribution in [-0.2, 0) is 9.59 Å². The molecule has 0 saturated heterocycles. The Hall–Kier alpha value is -2.69. The molecule has 1 atom stereocenters. The number of aromatic nitrogens is 1. The lowest BCUT2D eigenvalue weighted by Gasteiger charge is -2.25. The third-order valence-corrected chi connectivity index (χ3v) is 6.74. The zero-order valence-electron chi connectivity index (χ0n) is 17.3. The van der Waals surface area contributed by atoms with Crippen LogP contribution in [0.4, 0.5) is 5.82 Å². The summed E-state index contributed by atoms with van der Waals surface area (Å²) in [5.41, 5.74) is 3.33. The van der Waals surface area contributed by atoms with Gasteiger partial charge in [-0.2, -0.15) is 0 Å². The number of allylic oxidation sites excluding steroid dienone is 1. The average molecular weight is 404 g/mol. The summed E-state index contributed by atoms with van der Waals surface area (Å²) in [5.74, 6) is 1.33. The van der Waals surface area contributed by atoms with E-state index in [0.717, 1.165) is 61.4 Å². The van der Waals surface area contributed by atoms with Gasteiger partial charge in [0.25, 0.3) is 0 Å². The Bertz CT molecular complexity index is 1000. The van der Waals surface area contributed by atoms with Crippen LogP contribution in [-0.4, -0.2) is 22.8 Å². The van der Waals surface area contributed by atoms with Crippen molar-refractivity contribution in [3.8, 4) is 0 Å². The van der Waals surface area contributed by atoms with Crippen molar-refractivity contribution >= 4 is 34.1 Å². The van der Waals surface area contributed by atoms with E-state index in [9.17, 15) is 9.59 Å². The average Bonchev–Trinajstić information content (AvgIpc) is 3.48. The predicted octanol–water partition coefficient (Wildman–Crippen LogP) is 4.83. The minimum absolute atomic E-state index is 0.0797. The van der Waals surface area contributed by atoms with Gasteiger partial charge in [0.2, 0.25) is 11.8 Å². The Morgan fingerprint density at radius 2 is 1.70 bits per heavy atom. The molecule has 5 nitrogen and oxygen atoms in total. The summed E-state index contributed by atoms with van der Waals surface area (Å²) in [6.45, 7) is 0. The molecule has 0 spiro atoms. The fourth-order valence-corrected chi connectivity index (χ4v) is 4.80. The van der Waals surface area contributed by atoms with Crippen LogP contribution >= 0.6 is 0 Å². The molecule has 0 bridgehead atoms. The molecule has 1 aromatic heterocycles. The van der Waals surface area contributed by atoms with Gasteiger partial charge in [0, 0.05) is 23.3 Å². The third-order valence-electron chi connectivity index (χ3n) is 6.74. The molecule has 5 heteroatoms. The van der Waals surface area contributed by atoms with Gasteiger partial charge < -0.3 is 10.6 Å². The van der Waals surface area contributed by atoms with Crippen LogP contribution in [0.5, 0.6) is 0 Å². The van der Waals surface area contributed by atoms with E-state index in [0.29, 0.717) is 5.82 Å². The lowest BCUT2D eigenvalue weighted by molar-refractivity contribution is -0.125. The van der Waals surface area contributed by atoms with Crippen molar-refractivity contribution in [2.45, 2.75) is 63.8 Å². The summed E-state index contributed by atoms with van der Waals surface area (Å²) >= 11 is 0. The van der Waals surface area contributed by atoms with E-state index < -0.39 is 0 Å². The Balaban J connectivity index is 1.35. The van der Waals surface area contributed by atoms with Crippen LogP contribution < -0.4 is 10.6 Å². The number of amides is 2. The van der Waals surface area contributed by atoms with Crippen LogP contribution in [0.2, 0.25) is 0 Å². The smallest absolute Gasteiger partial charge is 0.228 e. The molecule has 30 heavy (non-hydrogen) atoms. The second-order valence-corrected chi connectivity index (χ2v) is 9.03. The molecule has 3 aliphatic rings. The summed E-state index contributed by atoms with van der Waals surface area (Å²) in [5, 5.41) is 7.39. The lowest BCUT2D eigenvalue weighted by atomic mass is 9.89. The number of para-hydroxylation sites is 1. The number of hydrogen-bond donors (Lipinski definition) is 2. The van der Waals surface area contributed by atoms with Gasteiger partial charge in [-0.05, 0) is 68.2 Å². The highest BCUT2D eigenvalue weighted by molar-refractivity contribution is 5.98. The van der Waals surface area contributed by atoms with E-state index in [4.69, 9.17) is 0 Å². The molecule has 0 aliphatic heterocycles. The van der Waals surface area contributed by atoms with E-state index >= 15 is 0 Å². The zero-order valence-corrected chi connectivity index (χ0v) is 17.3. The van der Waals surface area contributed by atoms with Gasteiger partial charge in [-0.25, -0.2) is 4.98 Å². The number of hydrogen-bond acceptors (Lipinski definition) is 3. The van der Waals surface area contributed by atoms with Crippen molar-refractivity contribution in [2.75, 3.05) is 5.32 Å². The SMILES string of the molecule is O=C(Nc1cc(C2=CCC(NC(=O)C3CCCC3)CC2)c2ccccc2n1)C1CC1. The molecular weight excluding hydrogens is 374 g/mol. The largest absolute Gasteiger partial charge is 0.353 e. The van der Waals surface area contributed by atoms with Crippen LogP contribution in [0, 0.1) is 11.8 Å². The first kappa shape index (κ1) is 19.3. The molecule has 1 aromatic carbocycles. The maximum absolute atomic E-state index is 12.5. The van der Waals surface area contributed by atoms with Crippen molar-refractivity contribution < 1.29 is 9.59 Å². The third kappa shape index (κ3) is 4.11. The van der Waals surface area contributed by atoms with Crippen molar-refractivity contribution in [3.63, 3.8) is 0 Å². The van der Waals surface area contributed by atoms with Crippen molar-refractivity contribution in [1.82, 2.24) is 10.3 Å². The molecule has 0 radical (unpaired) electrons. The van der Waals surface area contributed by atoms with Gasteiger partial charge in [0.1, 0.15) is 5.82 Å². The van der Waals surface area contributed by atoms with E-state index in [-0.39, 0.29) is 29.7 Å². The Labute approximate surface area is 177 Å². The highest BCUT2D eigenvalue weighted by atomic mass is 16.2. The highest BCUT2D eigenvalue weighted by Crippen LogP contribution is 2.35. The number of pyridine rings is 1. The summed E-state index contributed by atoms with van der Waals surface area (Å²) in [6, 6.07) is 10.4. The first-order chi connectivity index (χ1) is 14.7. The van der Waals surface area contributed by atoms with E-state index in [1.807, 2.05) is 24.3 Å². The highest BCUT2D eigenvalue weighted by Gasteiger charge is 2.30. The Kier molecular flexibility index (Phi) is 5.28. The van der Waals surface area contributed by atoms with Crippen molar-refractivity contribution in [3.05, 3.63) is 42.0 Å². The van der Waals surface area contributed by atoms with Gasteiger partial charge in [0.15, 0.2) is 0 Å². The molecule has 3 aliphatic carbocycles. The number of carbonyl (C=O) groups excluding carboxylic acids is 2. The van der Waals surface area contributed by atoms with Crippen LogP contribution in [0.3, 0.4) is 0 Å². The topological polar surface area (TPSA) is 71.1 Å². The first-order valence-electron chi connectivity index (χ1n) is 11.4. The maximum atomic E-state index is 12.5. The lowest BCUT2D eigenvalue weighted by Crippen LogP contribution is -2.38. The monoisotopic (exact) mass is 403 g/mol. The fraction of sp³-hybridized carbons (Fsp3) is 0.480. The Morgan fingerprint density at radius 1 is 0.933 bits per heavy atom. The summed E-state index contributed by atoms with van der Waals surface area (Å²) < 4.78 is 0. The maximum Gasteiger partial charge on any atom is 0.228 e. The molecule has 1 unspecified atom stereocenters. The number of rotatable bonds is 5. The molecule has 2 fully saturated rings. The van der Waals surface area contributed by atoms with Crippen LogP contribution in [0.25, 0.3) is 16.5 Å². The minimum atomic E-state index is 0.0797. The minimum Gasteiger partial charge on any atom is -0.353 e. The fourth-order valence-electron chi connectivity index (χ4n) is 4.80. The molecule has 5 rings (SSSR count). The summed E-state index contributed by atoms with van der Waals surface area (Å²) in [7, 11) is 0. The van der Waals surface area contributed by atoms with Gasteiger partial charge in [-0.3, -0.25) is 9.59 Å². The van der Waals surface area contributed by atoms with Crippen molar-refractivity contribution in [2.24, 2.45) is 11.8 Å². The number of nitrogens with one attached hydrogen (secondary N) is 2. The zero-order chi connectivity index (χ0) is 20.5. The summed E-state index contributed by atoms with van der Waals surface area (Å²) in [4.78, 5) is 29.4. The van der Waals surface area contributed by atoms with E-state index in [1.165, 1.54) is 18.4 Å². The normalized spacial score (nSPS) is 22.0. The number of anilines is 1. The molecule has 1 heterocycles.